The molecule has 0 heterocycles. The van der Waals surface area contributed by atoms with Crippen molar-refractivity contribution >= 4 is 51.1 Å². The zero-order valence-electron chi connectivity index (χ0n) is 18.3. The molecule has 0 spiro atoms. The van der Waals surface area contributed by atoms with Crippen LogP contribution < -0.4 is 5.32 Å². The van der Waals surface area contributed by atoms with Crippen molar-refractivity contribution in [2.24, 2.45) is 0 Å². The molecule has 0 aromatic heterocycles. The fourth-order valence-electron chi connectivity index (χ4n) is 3.44. The van der Waals surface area contributed by atoms with Crippen LogP contribution >= 0.6 is 39.3 Å². The molecule has 0 bridgehead atoms. The summed E-state index contributed by atoms with van der Waals surface area (Å²) in [5.74, 6) is 0.391. The van der Waals surface area contributed by atoms with Crippen LogP contribution in [0.2, 0.25) is 5.02 Å². The third kappa shape index (κ3) is 7.91. The highest BCUT2D eigenvalue weighted by atomic mass is 79.9. The summed E-state index contributed by atoms with van der Waals surface area (Å²) in [6.45, 7) is 0.364. The molecule has 0 saturated carbocycles. The molecule has 33 heavy (non-hydrogen) atoms. The first-order valence-corrected chi connectivity index (χ1v) is 12.8. The molecule has 1 N–H and O–H groups in total. The van der Waals surface area contributed by atoms with Crippen LogP contribution in [0.1, 0.15) is 17.5 Å². The number of nitrogens with zero attached hydrogens (tertiary/aromatic N) is 1. The standard InChI is InChI=1S/C26H26BrClN2O2S/c1-29-26(32)24(17-19-5-3-2-4-6-19)30(18-20-7-9-21(27)10-8-20)25(31)15-16-33-23-13-11-22(28)12-14-23/h2-14,24H,15-18H2,1H3,(H,29,32)/t24-/m1/s1. The third-order valence-electron chi connectivity index (χ3n) is 5.18. The highest BCUT2D eigenvalue weighted by molar-refractivity contribution is 9.10. The van der Waals surface area contributed by atoms with E-state index in [-0.39, 0.29) is 11.8 Å². The minimum absolute atomic E-state index is 0.0519. The number of benzene rings is 3. The molecule has 0 aliphatic rings. The topological polar surface area (TPSA) is 49.4 Å². The fraction of sp³-hybridized carbons (Fsp3) is 0.231. The van der Waals surface area contributed by atoms with Crippen LogP contribution in [0.5, 0.6) is 0 Å². The number of amides is 2. The van der Waals surface area contributed by atoms with Gasteiger partial charge in [0.15, 0.2) is 0 Å². The molecule has 4 nitrogen and oxygen atoms in total. The summed E-state index contributed by atoms with van der Waals surface area (Å²) in [7, 11) is 1.61. The Morgan fingerprint density at radius 2 is 1.64 bits per heavy atom. The Morgan fingerprint density at radius 3 is 2.27 bits per heavy atom. The first-order valence-electron chi connectivity index (χ1n) is 10.6. The number of rotatable bonds is 10. The van der Waals surface area contributed by atoms with E-state index in [9.17, 15) is 9.59 Å². The van der Waals surface area contributed by atoms with E-state index in [1.54, 1.807) is 23.7 Å². The summed E-state index contributed by atoms with van der Waals surface area (Å²) in [6, 6.07) is 24.6. The monoisotopic (exact) mass is 544 g/mol. The first-order chi connectivity index (χ1) is 16.0. The average molecular weight is 546 g/mol. The van der Waals surface area contributed by atoms with Crippen LogP contribution in [0.25, 0.3) is 0 Å². The number of hydrogen-bond acceptors (Lipinski definition) is 3. The predicted octanol–water partition coefficient (Wildman–Crippen LogP) is 5.97. The van der Waals surface area contributed by atoms with Gasteiger partial charge in [0.1, 0.15) is 6.04 Å². The zero-order chi connectivity index (χ0) is 23.6. The van der Waals surface area contributed by atoms with Crippen molar-refractivity contribution < 1.29 is 9.59 Å². The van der Waals surface area contributed by atoms with Crippen molar-refractivity contribution in [1.82, 2.24) is 10.2 Å². The van der Waals surface area contributed by atoms with Gasteiger partial charge in [-0.05, 0) is 47.5 Å². The third-order valence-corrected chi connectivity index (χ3v) is 6.98. The van der Waals surface area contributed by atoms with Gasteiger partial charge in [-0.1, -0.05) is 70.0 Å². The first kappa shape index (κ1) is 25.3. The van der Waals surface area contributed by atoms with Gasteiger partial charge < -0.3 is 10.2 Å². The van der Waals surface area contributed by atoms with Crippen molar-refractivity contribution in [2.45, 2.75) is 30.3 Å². The molecule has 3 rings (SSSR count). The molecule has 0 unspecified atom stereocenters. The molecule has 7 heteroatoms. The molecule has 0 aliphatic heterocycles. The molecule has 1 atom stereocenters. The van der Waals surface area contributed by atoms with Gasteiger partial charge in [-0.15, -0.1) is 11.8 Å². The number of hydrogen-bond donors (Lipinski definition) is 1. The van der Waals surface area contributed by atoms with Crippen LogP contribution in [0.4, 0.5) is 0 Å². The lowest BCUT2D eigenvalue weighted by Crippen LogP contribution is -2.49. The second kappa shape index (κ2) is 12.8. The van der Waals surface area contributed by atoms with Gasteiger partial charge in [-0.25, -0.2) is 0 Å². The van der Waals surface area contributed by atoms with Crippen molar-refractivity contribution in [3.63, 3.8) is 0 Å². The van der Waals surface area contributed by atoms with Gasteiger partial charge in [0.25, 0.3) is 0 Å². The van der Waals surface area contributed by atoms with Crippen molar-refractivity contribution in [1.29, 1.82) is 0 Å². The van der Waals surface area contributed by atoms with Gasteiger partial charge in [0.2, 0.25) is 11.8 Å². The number of carbonyl (C=O) groups is 2. The van der Waals surface area contributed by atoms with Gasteiger partial charge in [0.05, 0.1) is 0 Å². The summed E-state index contributed by atoms with van der Waals surface area (Å²) in [5.41, 5.74) is 1.98. The molecule has 0 aliphatic carbocycles. The lowest BCUT2D eigenvalue weighted by Gasteiger charge is -2.31. The minimum Gasteiger partial charge on any atom is -0.357 e. The molecule has 0 fully saturated rings. The molecule has 3 aromatic rings. The number of likely N-dealkylation sites (N-methyl/N-ethyl adjacent to an activating group) is 1. The van der Waals surface area contributed by atoms with Crippen LogP contribution in [-0.2, 0) is 22.6 Å². The average Bonchev–Trinajstić information content (AvgIpc) is 2.83. The van der Waals surface area contributed by atoms with E-state index < -0.39 is 6.04 Å². The van der Waals surface area contributed by atoms with Gasteiger partial charge in [-0.3, -0.25) is 9.59 Å². The highest BCUT2D eigenvalue weighted by Crippen LogP contribution is 2.23. The van der Waals surface area contributed by atoms with E-state index in [2.05, 4.69) is 21.2 Å². The van der Waals surface area contributed by atoms with E-state index in [0.717, 1.165) is 20.5 Å². The quantitative estimate of drug-likeness (QED) is 0.319. The normalized spacial score (nSPS) is 11.6. The fourth-order valence-corrected chi connectivity index (χ4v) is 4.67. The summed E-state index contributed by atoms with van der Waals surface area (Å²) in [6.07, 6.45) is 0.777. The van der Waals surface area contributed by atoms with Crippen molar-refractivity contribution in [3.8, 4) is 0 Å². The molecule has 172 valence electrons. The molecule has 3 aromatic carbocycles. The Bertz CT molecular complexity index is 1050. The van der Waals surface area contributed by atoms with Crippen LogP contribution in [0.3, 0.4) is 0 Å². The highest BCUT2D eigenvalue weighted by Gasteiger charge is 2.29. The number of halogens is 2. The van der Waals surface area contributed by atoms with Gasteiger partial charge >= 0.3 is 0 Å². The number of carbonyl (C=O) groups excluding carboxylic acids is 2. The van der Waals surface area contributed by atoms with Gasteiger partial charge in [-0.2, -0.15) is 0 Å². The van der Waals surface area contributed by atoms with Crippen molar-refractivity contribution in [2.75, 3.05) is 12.8 Å². The number of thioether (sulfide) groups is 1. The second-order valence-corrected chi connectivity index (χ2v) is 10.0. The molecular formula is C26H26BrClN2O2S. The molecule has 0 saturated heterocycles. The Morgan fingerprint density at radius 1 is 0.970 bits per heavy atom. The van der Waals surface area contributed by atoms with E-state index in [0.29, 0.717) is 30.2 Å². The Kier molecular flexibility index (Phi) is 9.85. The summed E-state index contributed by atoms with van der Waals surface area (Å²) < 4.78 is 0.968. The van der Waals surface area contributed by atoms with E-state index >= 15 is 0 Å². The minimum atomic E-state index is -0.603. The van der Waals surface area contributed by atoms with E-state index in [1.807, 2.05) is 78.9 Å². The summed E-state index contributed by atoms with van der Waals surface area (Å²) in [4.78, 5) is 29.1. The van der Waals surface area contributed by atoms with E-state index in [1.165, 1.54) is 0 Å². The number of nitrogens with one attached hydrogen (secondary N) is 1. The Hall–Kier alpha value is -2.28. The zero-order valence-corrected chi connectivity index (χ0v) is 21.5. The van der Waals surface area contributed by atoms with Crippen molar-refractivity contribution in [3.05, 3.63) is 99.5 Å². The van der Waals surface area contributed by atoms with E-state index in [4.69, 9.17) is 11.6 Å². The maximum Gasteiger partial charge on any atom is 0.242 e. The molecular weight excluding hydrogens is 520 g/mol. The summed E-state index contributed by atoms with van der Waals surface area (Å²) >= 11 is 11.0. The Labute approximate surface area is 212 Å². The van der Waals surface area contributed by atoms with Crippen LogP contribution in [-0.4, -0.2) is 35.6 Å². The smallest absolute Gasteiger partial charge is 0.242 e. The predicted molar refractivity (Wildman–Crippen MR) is 139 cm³/mol. The molecule has 2 amide bonds. The Balaban J connectivity index is 1.79. The lowest BCUT2D eigenvalue weighted by molar-refractivity contribution is -0.140. The van der Waals surface area contributed by atoms with Crippen LogP contribution in [0.15, 0.2) is 88.2 Å². The maximum atomic E-state index is 13.4. The van der Waals surface area contributed by atoms with Crippen LogP contribution in [0, 0.1) is 0 Å². The lowest BCUT2D eigenvalue weighted by atomic mass is 10.0. The largest absolute Gasteiger partial charge is 0.357 e. The SMILES string of the molecule is CNC(=O)[C@@H](Cc1ccccc1)N(Cc1ccc(Br)cc1)C(=O)CCSc1ccc(Cl)cc1. The maximum absolute atomic E-state index is 13.4. The molecule has 0 radical (unpaired) electrons. The summed E-state index contributed by atoms with van der Waals surface area (Å²) in [5, 5.41) is 3.43. The van der Waals surface area contributed by atoms with Gasteiger partial charge in [0, 0.05) is 46.6 Å². The second-order valence-electron chi connectivity index (χ2n) is 7.52.